The lowest BCUT2D eigenvalue weighted by Gasteiger charge is -2.40. The van der Waals surface area contributed by atoms with Gasteiger partial charge in [-0.15, -0.1) is 0 Å². The lowest BCUT2D eigenvalue weighted by Crippen LogP contribution is -2.38. The van der Waals surface area contributed by atoms with Crippen LogP contribution in [0.2, 0.25) is 5.02 Å². The van der Waals surface area contributed by atoms with Crippen molar-refractivity contribution in [3.05, 3.63) is 39.0 Å². The molecule has 5 rings (SSSR count). The summed E-state index contributed by atoms with van der Waals surface area (Å²) in [6.45, 7) is 2.06. The summed E-state index contributed by atoms with van der Waals surface area (Å²) in [7, 11) is 0. The van der Waals surface area contributed by atoms with Crippen LogP contribution in [0.1, 0.15) is 24.5 Å². The Morgan fingerprint density at radius 2 is 2.14 bits per heavy atom. The van der Waals surface area contributed by atoms with E-state index in [-0.39, 0.29) is 10.7 Å². The summed E-state index contributed by atoms with van der Waals surface area (Å²) in [5.41, 5.74) is 3.71. The Hall–Kier alpha value is -2.08. The first-order valence-electron chi connectivity index (χ1n) is 6.92. The largest absolute Gasteiger partial charge is 0.368 e. The van der Waals surface area contributed by atoms with E-state index in [1.165, 1.54) is 11.8 Å². The molecule has 1 fully saturated rings. The van der Waals surface area contributed by atoms with Gasteiger partial charge < -0.3 is 4.90 Å². The van der Waals surface area contributed by atoms with Gasteiger partial charge in [0, 0.05) is 30.6 Å². The number of rotatable bonds is 2. The van der Waals surface area contributed by atoms with Crippen molar-refractivity contribution in [3.63, 3.8) is 0 Å². The molecule has 3 aliphatic rings. The number of hydrogen-bond acceptors (Lipinski definition) is 4. The molecule has 1 aromatic heterocycles. The zero-order valence-electron chi connectivity index (χ0n) is 11.2. The third-order valence-corrected chi connectivity index (χ3v) is 4.72. The van der Waals surface area contributed by atoms with E-state index >= 15 is 0 Å². The van der Waals surface area contributed by atoms with Crippen molar-refractivity contribution >= 4 is 23.0 Å². The smallest absolute Gasteiger partial charge is 0.288 e. The topological polar surface area (TPSA) is 75.1 Å². The van der Waals surface area contributed by atoms with Gasteiger partial charge in [0.2, 0.25) is 0 Å². The molecule has 2 bridgehead atoms. The molecule has 108 valence electrons. The molecule has 4 heterocycles. The Bertz CT molecular complexity index is 735. The highest BCUT2D eigenvalue weighted by molar-refractivity contribution is 6.32. The van der Waals surface area contributed by atoms with Crippen molar-refractivity contribution in [2.75, 3.05) is 18.0 Å². The van der Waals surface area contributed by atoms with Crippen LogP contribution in [0, 0.1) is 10.1 Å². The third kappa shape index (κ3) is 1.82. The van der Waals surface area contributed by atoms with E-state index in [1.807, 2.05) is 0 Å². The second-order valence-corrected chi connectivity index (χ2v) is 5.93. The summed E-state index contributed by atoms with van der Waals surface area (Å²) < 4.78 is 0. The average Bonchev–Trinajstić information content (AvgIpc) is 2.96. The van der Waals surface area contributed by atoms with Crippen LogP contribution in [0.5, 0.6) is 0 Å². The van der Waals surface area contributed by atoms with Gasteiger partial charge in [-0.2, -0.15) is 5.10 Å². The third-order valence-electron chi connectivity index (χ3n) is 4.40. The van der Waals surface area contributed by atoms with Gasteiger partial charge in [-0.1, -0.05) is 17.7 Å². The van der Waals surface area contributed by atoms with Crippen LogP contribution >= 0.6 is 11.6 Å². The predicted molar refractivity (Wildman–Crippen MR) is 79.9 cm³/mol. The molecule has 7 heteroatoms. The van der Waals surface area contributed by atoms with E-state index in [1.54, 1.807) is 12.1 Å². The highest BCUT2D eigenvalue weighted by Crippen LogP contribution is 2.46. The number of H-pyrrole nitrogens is 1. The molecule has 0 atom stereocenters. The van der Waals surface area contributed by atoms with Crippen molar-refractivity contribution in [3.8, 4) is 11.3 Å². The summed E-state index contributed by atoms with van der Waals surface area (Å²) in [5, 5.41) is 18.7. The number of nitrogens with zero attached hydrogens (tertiary/aromatic N) is 3. The van der Waals surface area contributed by atoms with Gasteiger partial charge in [0.15, 0.2) is 0 Å². The number of hydrogen-bond donors (Lipinski definition) is 1. The van der Waals surface area contributed by atoms with Gasteiger partial charge >= 0.3 is 0 Å². The molecule has 0 aliphatic carbocycles. The number of aromatic amines is 1. The Kier molecular flexibility index (Phi) is 2.68. The summed E-state index contributed by atoms with van der Waals surface area (Å²) in [4.78, 5) is 12.9. The molecule has 6 nitrogen and oxygen atoms in total. The molecule has 1 aromatic carbocycles. The molecule has 0 radical (unpaired) electrons. The van der Waals surface area contributed by atoms with Gasteiger partial charge in [0.1, 0.15) is 10.7 Å². The number of piperidine rings is 1. The minimum atomic E-state index is -0.461. The molecule has 0 unspecified atom stereocenters. The summed E-state index contributed by atoms with van der Waals surface area (Å²) in [6, 6.07) is 4.85. The Balaban J connectivity index is 1.86. The van der Waals surface area contributed by atoms with E-state index in [4.69, 9.17) is 11.6 Å². The molecular weight excluding hydrogens is 292 g/mol. The van der Waals surface area contributed by atoms with Crippen LogP contribution in [0.3, 0.4) is 0 Å². The number of aromatic nitrogens is 2. The summed E-state index contributed by atoms with van der Waals surface area (Å²) in [6.07, 6.45) is 2.30. The SMILES string of the molecule is O=[N+]([O-])c1cc(-c2n[nH]c3c2N2CCC3CC2)ccc1Cl. The standard InChI is InChI=1S/C14H13ClN4O2/c15-10-2-1-9(7-11(10)19(20)21)13-14-12(16-17-13)8-3-5-18(14)6-4-8/h1-2,7-8H,3-6H2,(H,16,17). The van der Waals surface area contributed by atoms with Gasteiger partial charge in [0.05, 0.1) is 16.3 Å². The normalized spacial score (nSPS) is 17.1. The van der Waals surface area contributed by atoms with Crippen LogP contribution in [0.4, 0.5) is 11.4 Å². The number of benzene rings is 1. The quantitative estimate of drug-likeness (QED) is 0.682. The minimum Gasteiger partial charge on any atom is -0.368 e. The Labute approximate surface area is 125 Å². The van der Waals surface area contributed by atoms with Crippen LogP contribution in [0.15, 0.2) is 18.2 Å². The maximum atomic E-state index is 11.0. The molecule has 3 aliphatic heterocycles. The highest BCUT2D eigenvalue weighted by atomic mass is 35.5. The number of halogens is 1. The first kappa shape index (κ1) is 12.6. The zero-order chi connectivity index (χ0) is 14.6. The molecule has 0 amide bonds. The number of nitrogens with one attached hydrogen (secondary N) is 1. The van der Waals surface area contributed by atoms with E-state index in [9.17, 15) is 10.1 Å². The highest BCUT2D eigenvalue weighted by Gasteiger charge is 2.35. The Morgan fingerprint density at radius 1 is 1.38 bits per heavy atom. The van der Waals surface area contributed by atoms with Crippen LogP contribution in [-0.4, -0.2) is 28.2 Å². The Morgan fingerprint density at radius 3 is 2.86 bits per heavy atom. The van der Waals surface area contributed by atoms with E-state index in [0.29, 0.717) is 5.92 Å². The van der Waals surface area contributed by atoms with Crippen molar-refractivity contribution in [1.29, 1.82) is 0 Å². The molecule has 2 aromatic rings. The minimum absolute atomic E-state index is 0.0816. The van der Waals surface area contributed by atoms with Crippen molar-refractivity contribution < 1.29 is 4.92 Å². The van der Waals surface area contributed by atoms with Gasteiger partial charge in [0.25, 0.3) is 5.69 Å². The lowest BCUT2D eigenvalue weighted by atomic mass is 9.86. The number of nitro groups is 1. The van der Waals surface area contributed by atoms with Gasteiger partial charge in [-0.25, -0.2) is 0 Å². The summed E-state index contributed by atoms with van der Waals surface area (Å²) >= 11 is 5.88. The predicted octanol–water partition coefficient (Wildman–Crippen LogP) is 3.34. The second-order valence-electron chi connectivity index (χ2n) is 5.52. The molecular formula is C14H13ClN4O2. The van der Waals surface area contributed by atoms with Crippen LogP contribution in [-0.2, 0) is 0 Å². The maximum absolute atomic E-state index is 11.0. The first-order valence-corrected chi connectivity index (χ1v) is 7.30. The molecule has 1 N–H and O–H groups in total. The first-order chi connectivity index (χ1) is 10.1. The summed E-state index contributed by atoms with van der Waals surface area (Å²) in [5.74, 6) is 0.536. The average molecular weight is 305 g/mol. The van der Waals surface area contributed by atoms with Crippen molar-refractivity contribution in [2.45, 2.75) is 18.8 Å². The van der Waals surface area contributed by atoms with Gasteiger partial charge in [-0.3, -0.25) is 15.2 Å². The fraction of sp³-hybridized carbons (Fsp3) is 0.357. The van der Waals surface area contributed by atoms with Crippen molar-refractivity contribution in [1.82, 2.24) is 10.2 Å². The molecule has 0 spiro atoms. The maximum Gasteiger partial charge on any atom is 0.288 e. The number of anilines is 1. The fourth-order valence-corrected chi connectivity index (χ4v) is 3.53. The monoisotopic (exact) mass is 304 g/mol. The van der Waals surface area contributed by atoms with Gasteiger partial charge in [-0.05, 0) is 18.9 Å². The van der Waals surface area contributed by atoms with Crippen molar-refractivity contribution in [2.24, 2.45) is 0 Å². The van der Waals surface area contributed by atoms with E-state index < -0.39 is 4.92 Å². The molecule has 0 saturated carbocycles. The van der Waals surface area contributed by atoms with Crippen LogP contribution < -0.4 is 4.90 Å². The number of fused-ring (bicyclic) bond motifs is 2. The second kappa shape index (κ2) is 4.46. The molecule has 1 saturated heterocycles. The van der Waals surface area contributed by atoms with E-state index in [2.05, 4.69) is 15.1 Å². The van der Waals surface area contributed by atoms with Crippen LogP contribution in [0.25, 0.3) is 11.3 Å². The zero-order valence-corrected chi connectivity index (χ0v) is 11.9. The lowest BCUT2D eigenvalue weighted by molar-refractivity contribution is -0.384. The fourth-order valence-electron chi connectivity index (χ4n) is 3.35. The van der Waals surface area contributed by atoms with E-state index in [0.717, 1.165) is 42.9 Å². The number of nitro benzene ring substituents is 1. The molecule has 21 heavy (non-hydrogen) atoms.